The van der Waals surface area contributed by atoms with Gasteiger partial charge in [0.05, 0.1) is 17.4 Å². The third kappa shape index (κ3) is 3.90. The van der Waals surface area contributed by atoms with Crippen LogP contribution in [0.2, 0.25) is 0 Å². The zero-order chi connectivity index (χ0) is 19.3. The summed E-state index contributed by atoms with van der Waals surface area (Å²) >= 11 is 0. The summed E-state index contributed by atoms with van der Waals surface area (Å²) in [6.45, 7) is 3.20. The standard InChI is InChI=1S/C20H19FN6O/c21-17-5-2-1-4-16(17)19(28)25-15-6-7-18(24-14-15)26-10-12-27(13-11-26)20-22-8-3-9-23-20/h1-9,14H,10-13H2,(H,25,28). The molecule has 1 amide bonds. The minimum Gasteiger partial charge on any atom is -0.353 e. The van der Waals surface area contributed by atoms with Gasteiger partial charge in [0, 0.05) is 38.6 Å². The highest BCUT2D eigenvalue weighted by molar-refractivity contribution is 6.04. The maximum Gasteiger partial charge on any atom is 0.258 e. The predicted octanol–water partition coefficient (Wildman–Crippen LogP) is 2.59. The van der Waals surface area contributed by atoms with E-state index >= 15 is 0 Å². The first-order chi connectivity index (χ1) is 13.7. The van der Waals surface area contributed by atoms with Gasteiger partial charge in [-0.05, 0) is 30.3 Å². The van der Waals surface area contributed by atoms with Crippen LogP contribution < -0.4 is 15.1 Å². The molecular weight excluding hydrogens is 359 g/mol. The van der Waals surface area contributed by atoms with Gasteiger partial charge in [-0.3, -0.25) is 4.79 Å². The van der Waals surface area contributed by atoms with Crippen molar-refractivity contribution < 1.29 is 9.18 Å². The molecule has 8 heteroatoms. The van der Waals surface area contributed by atoms with E-state index < -0.39 is 11.7 Å². The van der Waals surface area contributed by atoms with E-state index in [0.717, 1.165) is 37.9 Å². The minimum atomic E-state index is -0.551. The summed E-state index contributed by atoms with van der Waals surface area (Å²) in [4.78, 5) is 29.5. The number of amides is 1. The molecule has 0 spiro atoms. The fourth-order valence-corrected chi connectivity index (χ4v) is 3.08. The molecule has 0 bridgehead atoms. The molecule has 1 saturated heterocycles. The van der Waals surface area contributed by atoms with Crippen molar-refractivity contribution in [1.29, 1.82) is 0 Å². The van der Waals surface area contributed by atoms with Crippen molar-refractivity contribution in [3.8, 4) is 0 Å². The van der Waals surface area contributed by atoms with E-state index in [1.54, 1.807) is 42.9 Å². The highest BCUT2D eigenvalue weighted by atomic mass is 19.1. The van der Waals surface area contributed by atoms with Crippen LogP contribution in [0.15, 0.2) is 61.1 Å². The van der Waals surface area contributed by atoms with E-state index in [2.05, 4.69) is 30.1 Å². The molecule has 142 valence electrons. The lowest BCUT2D eigenvalue weighted by molar-refractivity contribution is 0.102. The molecule has 28 heavy (non-hydrogen) atoms. The van der Waals surface area contributed by atoms with Gasteiger partial charge < -0.3 is 15.1 Å². The van der Waals surface area contributed by atoms with E-state index in [1.807, 2.05) is 6.07 Å². The van der Waals surface area contributed by atoms with Gasteiger partial charge in [-0.15, -0.1) is 0 Å². The molecular formula is C20H19FN6O. The quantitative estimate of drug-likeness (QED) is 0.752. The Morgan fingerprint density at radius 2 is 1.61 bits per heavy atom. The third-order valence-electron chi connectivity index (χ3n) is 4.56. The number of aromatic nitrogens is 3. The molecule has 1 aromatic carbocycles. The Labute approximate surface area is 161 Å². The molecule has 3 heterocycles. The van der Waals surface area contributed by atoms with E-state index in [1.165, 1.54) is 12.1 Å². The average molecular weight is 378 g/mol. The Kier molecular flexibility index (Phi) is 5.09. The second-order valence-electron chi connectivity index (χ2n) is 6.36. The topological polar surface area (TPSA) is 74.2 Å². The molecule has 7 nitrogen and oxygen atoms in total. The Morgan fingerprint density at radius 1 is 0.893 bits per heavy atom. The second-order valence-corrected chi connectivity index (χ2v) is 6.36. The molecule has 0 atom stereocenters. The predicted molar refractivity (Wildman–Crippen MR) is 105 cm³/mol. The smallest absolute Gasteiger partial charge is 0.258 e. The van der Waals surface area contributed by atoms with Gasteiger partial charge in [-0.25, -0.2) is 19.3 Å². The lowest BCUT2D eigenvalue weighted by Crippen LogP contribution is -2.47. The number of piperazine rings is 1. The number of pyridine rings is 1. The largest absolute Gasteiger partial charge is 0.353 e. The van der Waals surface area contributed by atoms with E-state index in [0.29, 0.717) is 5.69 Å². The number of nitrogens with zero attached hydrogens (tertiary/aromatic N) is 5. The van der Waals surface area contributed by atoms with Crippen LogP contribution in [0.3, 0.4) is 0 Å². The van der Waals surface area contributed by atoms with Crippen molar-refractivity contribution in [3.63, 3.8) is 0 Å². The highest BCUT2D eigenvalue weighted by Gasteiger charge is 2.20. The van der Waals surface area contributed by atoms with Crippen molar-refractivity contribution in [2.24, 2.45) is 0 Å². The molecule has 0 radical (unpaired) electrons. The van der Waals surface area contributed by atoms with Gasteiger partial charge >= 0.3 is 0 Å². The van der Waals surface area contributed by atoms with Crippen molar-refractivity contribution >= 4 is 23.4 Å². The maximum atomic E-state index is 13.7. The highest BCUT2D eigenvalue weighted by Crippen LogP contribution is 2.18. The maximum absolute atomic E-state index is 13.7. The average Bonchev–Trinajstić information content (AvgIpc) is 2.75. The number of benzene rings is 1. The molecule has 0 unspecified atom stereocenters. The van der Waals surface area contributed by atoms with Crippen LogP contribution in [0.1, 0.15) is 10.4 Å². The van der Waals surface area contributed by atoms with Crippen LogP contribution in [0, 0.1) is 5.82 Å². The normalized spacial score (nSPS) is 14.0. The summed E-state index contributed by atoms with van der Waals surface area (Å²) in [5, 5.41) is 2.67. The first-order valence-corrected chi connectivity index (χ1v) is 8.99. The fourth-order valence-electron chi connectivity index (χ4n) is 3.08. The van der Waals surface area contributed by atoms with Crippen molar-refractivity contribution in [2.45, 2.75) is 0 Å². The summed E-state index contributed by atoms with van der Waals surface area (Å²) in [7, 11) is 0. The van der Waals surface area contributed by atoms with Gasteiger partial charge in [0.1, 0.15) is 11.6 Å². The summed E-state index contributed by atoms with van der Waals surface area (Å²) in [5.74, 6) is 0.521. The van der Waals surface area contributed by atoms with Crippen LogP contribution in [-0.4, -0.2) is 47.0 Å². The molecule has 0 saturated carbocycles. The fraction of sp³-hybridized carbons (Fsp3) is 0.200. The second kappa shape index (κ2) is 7.99. The van der Waals surface area contributed by atoms with Crippen LogP contribution in [0.5, 0.6) is 0 Å². The number of nitrogens with one attached hydrogen (secondary N) is 1. The summed E-state index contributed by atoms with van der Waals surface area (Å²) in [5.41, 5.74) is 0.527. The Morgan fingerprint density at radius 3 is 2.29 bits per heavy atom. The number of carbonyl (C=O) groups excluding carboxylic acids is 1. The van der Waals surface area contributed by atoms with Crippen LogP contribution >= 0.6 is 0 Å². The summed E-state index contributed by atoms with van der Waals surface area (Å²) in [6, 6.07) is 11.3. The summed E-state index contributed by atoms with van der Waals surface area (Å²) < 4.78 is 13.7. The van der Waals surface area contributed by atoms with Gasteiger partial charge in [0.2, 0.25) is 5.95 Å². The minimum absolute atomic E-state index is 0.00540. The zero-order valence-corrected chi connectivity index (χ0v) is 15.1. The molecule has 0 aliphatic carbocycles. The van der Waals surface area contributed by atoms with Crippen LogP contribution in [-0.2, 0) is 0 Å². The van der Waals surface area contributed by atoms with E-state index in [-0.39, 0.29) is 5.56 Å². The van der Waals surface area contributed by atoms with Crippen LogP contribution in [0.25, 0.3) is 0 Å². The van der Waals surface area contributed by atoms with Gasteiger partial charge in [-0.2, -0.15) is 0 Å². The Hall–Kier alpha value is -3.55. The first-order valence-electron chi connectivity index (χ1n) is 8.99. The van der Waals surface area contributed by atoms with E-state index in [4.69, 9.17) is 0 Å². The van der Waals surface area contributed by atoms with Crippen LogP contribution in [0.4, 0.5) is 21.8 Å². The Balaban J connectivity index is 1.36. The molecule has 1 fully saturated rings. The lowest BCUT2D eigenvalue weighted by Gasteiger charge is -2.35. The van der Waals surface area contributed by atoms with Gasteiger partial charge in [-0.1, -0.05) is 12.1 Å². The molecule has 3 aromatic rings. The number of hydrogen-bond acceptors (Lipinski definition) is 6. The monoisotopic (exact) mass is 378 g/mol. The molecule has 4 rings (SSSR count). The number of carbonyl (C=O) groups is 1. The van der Waals surface area contributed by atoms with Crippen molar-refractivity contribution in [1.82, 2.24) is 15.0 Å². The SMILES string of the molecule is O=C(Nc1ccc(N2CCN(c3ncccn3)CC2)nc1)c1ccccc1F. The molecule has 1 aliphatic rings. The van der Waals surface area contributed by atoms with Gasteiger partial charge in [0.15, 0.2) is 0 Å². The summed E-state index contributed by atoms with van der Waals surface area (Å²) in [6.07, 6.45) is 5.07. The van der Waals surface area contributed by atoms with Gasteiger partial charge in [0.25, 0.3) is 5.91 Å². The van der Waals surface area contributed by atoms with Crippen molar-refractivity contribution in [3.05, 3.63) is 72.4 Å². The third-order valence-corrected chi connectivity index (χ3v) is 4.56. The first kappa shape index (κ1) is 17.8. The number of rotatable bonds is 4. The lowest BCUT2D eigenvalue weighted by atomic mass is 10.2. The van der Waals surface area contributed by atoms with Crippen molar-refractivity contribution in [2.75, 3.05) is 41.3 Å². The molecule has 1 N–H and O–H groups in total. The number of hydrogen-bond donors (Lipinski definition) is 1. The Bertz CT molecular complexity index is 942. The molecule has 1 aliphatic heterocycles. The van der Waals surface area contributed by atoms with E-state index in [9.17, 15) is 9.18 Å². The zero-order valence-electron chi connectivity index (χ0n) is 15.1. The number of halogens is 1. The molecule has 2 aromatic heterocycles. The number of anilines is 3.